The van der Waals surface area contributed by atoms with E-state index in [2.05, 4.69) is 22.5 Å². The number of aryl methyl sites for hydroxylation is 2. The molecule has 0 fully saturated rings. The molecule has 30 heavy (non-hydrogen) atoms. The van der Waals surface area contributed by atoms with Crippen LogP contribution in [-0.2, 0) is 24.3 Å². The Hall–Kier alpha value is -3.28. The van der Waals surface area contributed by atoms with Gasteiger partial charge in [-0.1, -0.05) is 30.3 Å². The highest BCUT2D eigenvalue weighted by molar-refractivity contribution is 5.76. The second-order valence-electron chi connectivity index (χ2n) is 7.25. The summed E-state index contributed by atoms with van der Waals surface area (Å²) in [6, 6.07) is 15.9. The molecule has 1 N–H and O–H groups in total. The Bertz CT molecular complexity index is 996. The lowest BCUT2D eigenvalue weighted by Gasteiger charge is -2.11. The minimum atomic E-state index is -0.00511. The zero-order valence-electron chi connectivity index (χ0n) is 18.1. The SMILES string of the molecule is COc1ccc(OC)c(CCC(=O)NCc2c(C)nn(Cc3ccccc3)c2C)c1. The van der Waals surface area contributed by atoms with Gasteiger partial charge in [0.25, 0.3) is 0 Å². The van der Waals surface area contributed by atoms with E-state index in [9.17, 15) is 4.79 Å². The molecule has 1 aromatic heterocycles. The van der Waals surface area contributed by atoms with Crippen molar-refractivity contribution < 1.29 is 14.3 Å². The average Bonchev–Trinajstić information content (AvgIpc) is 3.03. The Labute approximate surface area is 177 Å². The van der Waals surface area contributed by atoms with Gasteiger partial charge >= 0.3 is 0 Å². The van der Waals surface area contributed by atoms with E-state index in [0.29, 0.717) is 19.4 Å². The van der Waals surface area contributed by atoms with Crippen LogP contribution in [0.25, 0.3) is 0 Å². The van der Waals surface area contributed by atoms with Crippen LogP contribution < -0.4 is 14.8 Å². The predicted molar refractivity (Wildman–Crippen MR) is 117 cm³/mol. The van der Waals surface area contributed by atoms with Crippen molar-refractivity contribution in [1.29, 1.82) is 0 Å². The summed E-state index contributed by atoms with van der Waals surface area (Å²) in [6.45, 7) is 5.22. The minimum Gasteiger partial charge on any atom is -0.497 e. The molecular weight excluding hydrogens is 378 g/mol. The Morgan fingerprint density at radius 2 is 1.83 bits per heavy atom. The van der Waals surface area contributed by atoms with Crippen molar-refractivity contribution >= 4 is 5.91 Å². The number of carbonyl (C=O) groups excluding carboxylic acids is 1. The van der Waals surface area contributed by atoms with E-state index in [1.54, 1.807) is 14.2 Å². The molecule has 2 aromatic carbocycles. The fourth-order valence-electron chi connectivity index (χ4n) is 3.50. The van der Waals surface area contributed by atoms with Crippen molar-refractivity contribution in [1.82, 2.24) is 15.1 Å². The summed E-state index contributed by atoms with van der Waals surface area (Å²) in [4.78, 5) is 12.5. The number of benzene rings is 2. The molecule has 0 aliphatic heterocycles. The highest BCUT2D eigenvalue weighted by atomic mass is 16.5. The Morgan fingerprint density at radius 3 is 2.53 bits per heavy atom. The van der Waals surface area contributed by atoms with Crippen LogP contribution >= 0.6 is 0 Å². The summed E-state index contributed by atoms with van der Waals surface area (Å²) in [5.74, 6) is 1.51. The third-order valence-corrected chi connectivity index (χ3v) is 5.28. The largest absolute Gasteiger partial charge is 0.497 e. The van der Waals surface area contributed by atoms with E-state index in [1.807, 2.05) is 54.9 Å². The van der Waals surface area contributed by atoms with Crippen molar-refractivity contribution in [3.8, 4) is 11.5 Å². The number of nitrogens with one attached hydrogen (secondary N) is 1. The normalized spacial score (nSPS) is 10.7. The van der Waals surface area contributed by atoms with Crippen molar-refractivity contribution in [3.63, 3.8) is 0 Å². The zero-order valence-corrected chi connectivity index (χ0v) is 18.1. The van der Waals surface area contributed by atoms with E-state index in [4.69, 9.17) is 9.47 Å². The molecule has 3 rings (SSSR count). The maximum absolute atomic E-state index is 12.5. The Balaban J connectivity index is 1.59. The summed E-state index contributed by atoms with van der Waals surface area (Å²) in [5, 5.41) is 7.68. The number of rotatable bonds is 9. The molecule has 0 saturated heterocycles. The molecule has 6 heteroatoms. The number of hydrogen-bond acceptors (Lipinski definition) is 4. The summed E-state index contributed by atoms with van der Waals surface area (Å²) in [5.41, 5.74) is 5.24. The molecule has 0 aliphatic carbocycles. The maximum atomic E-state index is 12.5. The van der Waals surface area contributed by atoms with Gasteiger partial charge in [-0.25, -0.2) is 0 Å². The number of nitrogens with zero attached hydrogens (tertiary/aromatic N) is 2. The standard InChI is InChI=1S/C24H29N3O3/c1-17-22(18(2)27(26-17)16-19-8-6-5-7-9-19)15-25-24(28)13-10-20-14-21(29-3)11-12-23(20)30-4/h5-9,11-12,14H,10,13,15-16H2,1-4H3,(H,25,28). The van der Waals surface area contributed by atoms with Crippen LogP contribution in [0, 0.1) is 13.8 Å². The van der Waals surface area contributed by atoms with Gasteiger partial charge in [0.15, 0.2) is 0 Å². The predicted octanol–water partition coefficient (Wildman–Crippen LogP) is 3.81. The van der Waals surface area contributed by atoms with Gasteiger partial charge in [-0.05, 0) is 49.6 Å². The third-order valence-electron chi connectivity index (χ3n) is 5.28. The van der Waals surface area contributed by atoms with Gasteiger partial charge in [0.2, 0.25) is 5.91 Å². The molecule has 0 atom stereocenters. The molecule has 6 nitrogen and oxygen atoms in total. The van der Waals surface area contributed by atoms with Crippen molar-refractivity contribution in [2.75, 3.05) is 14.2 Å². The number of hydrogen-bond donors (Lipinski definition) is 1. The van der Waals surface area contributed by atoms with E-state index < -0.39 is 0 Å². The quantitative estimate of drug-likeness (QED) is 0.586. The summed E-state index contributed by atoms with van der Waals surface area (Å²) in [6.07, 6.45) is 0.956. The van der Waals surface area contributed by atoms with Crippen LogP contribution in [0.15, 0.2) is 48.5 Å². The molecule has 1 heterocycles. The van der Waals surface area contributed by atoms with E-state index >= 15 is 0 Å². The lowest BCUT2D eigenvalue weighted by Crippen LogP contribution is -2.23. The van der Waals surface area contributed by atoms with Gasteiger partial charge in [-0.15, -0.1) is 0 Å². The van der Waals surface area contributed by atoms with Gasteiger partial charge in [0.1, 0.15) is 11.5 Å². The van der Waals surface area contributed by atoms with E-state index in [1.165, 1.54) is 5.56 Å². The molecule has 3 aromatic rings. The monoisotopic (exact) mass is 407 g/mol. The topological polar surface area (TPSA) is 65.4 Å². The van der Waals surface area contributed by atoms with E-state index in [-0.39, 0.29) is 5.91 Å². The first kappa shape index (κ1) is 21.4. The number of carbonyl (C=O) groups is 1. The van der Waals surface area contributed by atoms with Crippen molar-refractivity contribution in [3.05, 3.63) is 76.6 Å². The summed E-state index contributed by atoms with van der Waals surface area (Å²) in [7, 11) is 3.25. The number of amides is 1. The van der Waals surface area contributed by atoms with Crippen LogP contribution in [0.5, 0.6) is 11.5 Å². The minimum absolute atomic E-state index is 0.00511. The summed E-state index contributed by atoms with van der Waals surface area (Å²) < 4.78 is 12.7. The lowest BCUT2D eigenvalue weighted by atomic mass is 10.1. The number of ether oxygens (including phenoxy) is 2. The van der Waals surface area contributed by atoms with Gasteiger partial charge in [-0.2, -0.15) is 5.10 Å². The van der Waals surface area contributed by atoms with Crippen LogP contribution in [0.1, 0.15) is 34.5 Å². The molecule has 1 amide bonds. The smallest absolute Gasteiger partial charge is 0.220 e. The van der Waals surface area contributed by atoms with Crippen molar-refractivity contribution in [2.45, 2.75) is 39.8 Å². The molecule has 0 saturated carbocycles. The summed E-state index contributed by atoms with van der Waals surface area (Å²) >= 11 is 0. The van der Waals surface area contributed by atoms with Crippen molar-refractivity contribution in [2.24, 2.45) is 0 Å². The maximum Gasteiger partial charge on any atom is 0.220 e. The molecule has 158 valence electrons. The Morgan fingerprint density at radius 1 is 1.07 bits per heavy atom. The van der Waals surface area contributed by atoms with Crippen LogP contribution in [-0.4, -0.2) is 29.9 Å². The second kappa shape index (κ2) is 9.96. The van der Waals surface area contributed by atoms with Crippen LogP contribution in [0.3, 0.4) is 0 Å². The first-order valence-corrected chi connectivity index (χ1v) is 10.1. The Kier molecular flexibility index (Phi) is 7.12. The molecule has 0 unspecified atom stereocenters. The van der Waals surface area contributed by atoms with Gasteiger partial charge < -0.3 is 14.8 Å². The molecule has 0 bridgehead atoms. The van der Waals surface area contributed by atoms with Gasteiger partial charge in [-0.3, -0.25) is 9.48 Å². The van der Waals surface area contributed by atoms with Gasteiger partial charge in [0.05, 0.1) is 26.5 Å². The highest BCUT2D eigenvalue weighted by Crippen LogP contribution is 2.25. The van der Waals surface area contributed by atoms with Crippen LogP contribution in [0.2, 0.25) is 0 Å². The first-order valence-electron chi connectivity index (χ1n) is 10.1. The fourth-order valence-corrected chi connectivity index (χ4v) is 3.50. The van der Waals surface area contributed by atoms with Gasteiger partial charge in [0, 0.05) is 24.2 Å². The lowest BCUT2D eigenvalue weighted by molar-refractivity contribution is -0.121. The second-order valence-corrected chi connectivity index (χ2v) is 7.25. The first-order chi connectivity index (χ1) is 14.5. The molecular formula is C24H29N3O3. The third kappa shape index (κ3) is 5.20. The zero-order chi connectivity index (χ0) is 21.5. The van der Waals surface area contributed by atoms with E-state index in [0.717, 1.165) is 40.6 Å². The number of methoxy groups -OCH3 is 2. The average molecular weight is 408 g/mol. The molecule has 0 aliphatic rings. The molecule has 0 spiro atoms. The number of aromatic nitrogens is 2. The van der Waals surface area contributed by atoms with Crippen LogP contribution in [0.4, 0.5) is 0 Å². The molecule has 0 radical (unpaired) electrons. The fraction of sp³-hybridized carbons (Fsp3) is 0.333. The highest BCUT2D eigenvalue weighted by Gasteiger charge is 2.14.